The molecule has 0 amide bonds. The molecule has 20 heavy (non-hydrogen) atoms. The summed E-state index contributed by atoms with van der Waals surface area (Å²) >= 11 is 16.2. The van der Waals surface area contributed by atoms with E-state index in [0.717, 1.165) is 0 Å². The second kappa shape index (κ2) is 7.76. The average molecular weight is 337 g/mol. The van der Waals surface area contributed by atoms with Gasteiger partial charge in [0.05, 0.1) is 5.02 Å². The highest BCUT2D eigenvalue weighted by Gasteiger charge is 2.22. The van der Waals surface area contributed by atoms with Gasteiger partial charge >= 0.3 is 5.97 Å². The third-order valence-electron chi connectivity index (χ3n) is 2.75. The van der Waals surface area contributed by atoms with Gasteiger partial charge < -0.3 is 9.84 Å². The van der Waals surface area contributed by atoms with E-state index in [1.54, 1.807) is 0 Å². The second-order valence-electron chi connectivity index (χ2n) is 4.07. The van der Waals surface area contributed by atoms with Gasteiger partial charge in [-0.05, 0) is 18.6 Å². The number of rotatable bonds is 7. The number of aliphatic carboxylic acids is 1. The van der Waals surface area contributed by atoms with Gasteiger partial charge in [-0.1, -0.05) is 30.1 Å². The van der Waals surface area contributed by atoms with E-state index in [1.165, 1.54) is 12.1 Å². The predicted molar refractivity (Wildman–Crippen MR) is 81.6 cm³/mol. The van der Waals surface area contributed by atoms with Gasteiger partial charge in [-0.25, -0.2) is 4.79 Å². The highest BCUT2D eigenvalue weighted by Crippen LogP contribution is 2.36. The smallest absolute Gasteiger partial charge is 0.341 e. The van der Waals surface area contributed by atoms with Crippen molar-refractivity contribution < 1.29 is 19.4 Å². The first-order valence-corrected chi connectivity index (χ1v) is 7.28. The molecule has 0 aromatic heterocycles. The van der Waals surface area contributed by atoms with Crippen LogP contribution in [0.3, 0.4) is 0 Å². The molecule has 0 unspecified atom stereocenters. The Morgan fingerprint density at radius 2 is 2.00 bits per heavy atom. The van der Waals surface area contributed by atoms with E-state index < -0.39 is 12.6 Å². The van der Waals surface area contributed by atoms with Gasteiger partial charge in [-0.2, -0.15) is 12.6 Å². The van der Waals surface area contributed by atoms with E-state index >= 15 is 0 Å². The summed E-state index contributed by atoms with van der Waals surface area (Å²) in [7, 11) is 0. The van der Waals surface area contributed by atoms with Crippen molar-refractivity contribution >= 4 is 47.6 Å². The van der Waals surface area contributed by atoms with E-state index in [2.05, 4.69) is 12.6 Å². The minimum atomic E-state index is -1.13. The molecule has 7 heteroatoms. The minimum absolute atomic E-state index is 0.0350. The van der Waals surface area contributed by atoms with Crippen molar-refractivity contribution in [1.29, 1.82) is 0 Å². The van der Waals surface area contributed by atoms with Gasteiger partial charge in [-0.15, -0.1) is 0 Å². The SMILES string of the molecule is CC[C@@H](CS)C(=O)c1ccc(OCC(=O)O)c(Cl)c1Cl. The van der Waals surface area contributed by atoms with Crippen molar-refractivity contribution in [2.45, 2.75) is 13.3 Å². The number of carbonyl (C=O) groups is 2. The van der Waals surface area contributed by atoms with Crippen molar-refractivity contribution in [3.63, 3.8) is 0 Å². The number of hydrogen-bond donors (Lipinski definition) is 2. The summed E-state index contributed by atoms with van der Waals surface area (Å²) in [6.07, 6.45) is 0.646. The van der Waals surface area contributed by atoms with E-state index in [9.17, 15) is 9.59 Å². The Hall–Kier alpha value is -0.910. The number of ether oxygens (including phenoxy) is 1. The molecule has 0 saturated carbocycles. The zero-order valence-electron chi connectivity index (χ0n) is 10.7. The normalized spacial score (nSPS) is 12.0. The predicted octanol–water partition coefficient (Wildman–Crippen LogP) is 3.60. The highest BCUT2D eigenvalue weighted by atomic mass is 35.5. The molecule has 4 nitrogen and oxygen atoms in total. The topological polar surface area (TPSA) is 63.6 Å². The van der Waals surface area contributed by atoms with Crippen molar-refractivity contribution in [2.75, 3.05) is 12.4 Å². The molecule has 0 aliphatic rings. The van der Waals surface area contributed by atoms with Gasteiger partial charge in [0.25, 0.3) is 0 Å². The maximum atomic E-state index is 12.2. The zero-order chi connectivity index (χ0) is 15.3. The van der Waals surface area contributed by atoms with Gasteiger partial charge in [0.2, 0.25) is 0 Å². The minimum Gasteiger partial charge on any atom is -0.480 e. The van der Waals surface area contributed by atoms with Crippen LogP contribution >= 0.6 is 35.8 Å². The Labute approximate surface area is 132 Å². The molecule has 0 spiro atoms. The average Bonchev–Trinajstić information content (AvgIpc) is 2.41. The molecule has 0 fully saturated rings. The first kappa shape index (κ1) is 17.1. The summed E-state index contributed by atoms with van der Waals surface area (Å²) in [4.78, 5) is 22.7. The van der Waals surface area contributed by atoms with E-state index in [-0.39, 0.29) is 27.5 Å². The molecule has 110 valence electrons. The lowest BCUT2D eigenvalue weighted by atomic mass is 9.97. The first-order valence-electron chi connectivity index (χ1n) is 5.90. The van der Waals surface area contributed by atoms with Crippen molar-refractivity contribution in [1.82, 2.24) is 0 Å². The van der Waals surface area contributed by atoms with Crippen LogP contribution in [0.2, 0.25) is 10.0 Å². The Balaban J connectivity index is 3.05. The summed E-state index contributed by atoms with van der Waals surface area (Å²) in [5.74, 6) is -0.953. The van der Waals surface area contributed by atoms with Crippen molar-refractivity contribution in [2.24, 2.45) is 5.92 Å². The Morgan fingerprint density at radius 1 is 1.35 bits per heavy atom. The van der Waals surface area contributed by atoms with Crippen LogP contribution in [0.25, 0.3) is 0 Å². The Kier molecular flexibility index (Phi) is 6.65. The second-order valence-corrected chi connectivity index (χ2v) is 5.19. The molecule has 0 aliphatic carbocycles. The lowest BCUT2D eigenvalue weighted by molar-refractivity contribution is -0.139. The maximum absolute atomic E-state index is 12.2. The number of carboxylic acids is 1. The Morgan fingerprint density at radius 3 is 2.50 bits per heavy atom. The van der Waals surface area contributed by atoms with Gasteiger partial charge in [-0.3, -0.25) is 4.79 Å². The summed E-state index contributed by atoms with van der Waals surface area (Å²) in [5, 5.41) is 8.65. The quantitative estimate of drug-likeness (QED) is 0.589. The zero-order valence-corrected chi connectivity index (χ0v) is 13.1. The lowest BCUT2D eigenvalue weighted by Gasteiger charge is -2.14. The molecule has 1 aromatic rings. The third-order valence-corrected chi connectivity index (χ3v) is 4.05. The fourth-order valence-electron chi connectivity index (χ4n) is 1.59. The van der Waals surface area contributed by atoms with Crippen LogP contribution in [0.4, 0.5) is 0 Å². The molecule has 0 bridgehead atoms. The molecule has 0 aliphatic heterocycles. The fourth-order valence-corrected chi connectivity index (χ4v) is 2.48. The highest BCUT2D eigenvalue weighted by molar-refractivity contribution is 7.80. The van der Waals surface area contributed by atoms with Crippen LogP contribution < -0.4 is 4.74 Å². The standard InChI is InChI=1S/C13H14Cl2O4S/c1-2-7(6-20)13(18)8-3-4-9(12(15)11(8)14)19-5-10(16)17/h3-4,7,20H,2,5-6H2,1H3,(H,16,17)/t7-/m0/s1. The van der Waals surface area contributed by atoms with E-state index in [0.29, 0.717) is 17.7 Å². The molecular weight excluding hydrogens is 323 g/mol. The van der Waals surface area contributed by atoms with E-state index in [4.69, 9.17) is 33.0 Å². The molecule has 1 N–H and O–H groups in total. The molecule has 1 rings (SSSR count). The van der Waals surface area contributed by atoms with Crippen molar-refractivity contribution in [3.8, 4) is 5.75 Å². The van der Waals surface area contributed by atoms with Crippen LogP contribution in [-0.2, 0) is 4.79 Å². The molecule has 0 heterocycles. The molecular formula is C13H14Cl2O4S. The van der Waals surface area contributed by atoms with Crippen LogP contribution in [-0.4, -0.2) is 29.2 Å². The summed E-state index contributed by atoms with van der Waals surface area (Å²) in [6.45, 7) is 1.36. The first-order chi connectivity index (χ1) is 9.42. The van der Waals surface area contributed by atoms with Gasteiger partial charge in [0.1, 0.15) is 10.8 Å². The summed E-state index contributed by atoms with van der Waals surface area (Å²) in [6, 6.07) is 2.93. The van der Waals surface area contributed by atoms with Crippen LogP contribution in [0.5, 0.6) is 5.75 Å². The number of thiol groups is 1. The maximum Gasteiger partial charge on any atom is 0.341 e. The Bertz CT molecular complexity index is 515. The van der Waals surface area contributed by atoms with Crippen molar-refractivity contribution in [3.05, 3.63) is 27.7 Å². The molecule has 1 aromatic carbocycles. The number of benzene rings is 1. The molecule has 0 saturated heterocycles. The number of hydrogen-bond acceptors (Lipinski definition) is 4. The van der Waals surface area contributed by atoms with Gasteiger partial charge in [0.15, 0.2) is 12.4 Å². The number of ketones is 1. The lowest BCUT2D eigenvalue weighted by Crippen LogP contribution is -2.16. The largest absolute Gasteiger partial charge is 0.480 e. The summed E-state index contributed by atoms with van der Waals surface area (Å²) < 4.78 is 4.98. The fraction of sp³-hybridized carbons (Fsp3) is 0.385. The number of carboxylic acid groups (broad SMARTS) is 1. The van der Waals surface area contributed by atoms with Crippen LogP contribution in [0.1, 0.15) is 23.7 Å². The summed E-state index contributed by atoms with van der Waals surface area (Å²) in [5.41, 5.74) is 0.292. The van der Waals surface area contributed by atoms with Crippen LogP contribution in [0, 0.1) is 5.92 Å². The molecule has 0 radical (unpaired) electrons. The van der Waals surface area contributed by atoms with Crippen LogP contribution in [0.15, 0.2) is 12.1 Å². The van der Waals surface area contributed by atoms with E-state index in [1.807, 2.05) is 6.92 Å². The van der Waals surface area contributed by atoms with Gasteiger partial charge in [0, 0.05) is 17.2 Å². The number of halogens is 2. The number of Topliss-reactive ketones (excluding diaryl/α,β-unsaturated/α-hetero) is 1. The third kappa shape index (κ3) is 4.04. The molecule has 1 atom stereocenters. The monoisotopic (exact) mass is 336 g/mol. The number of carbonyl (C=O) groups excluding carboxylic acids is 1.